The van der Waals surface area contributed by atoms with E-state index in [0.29, 0.717) is 0 Å². The molecule has 0 rings (SSSR count). The molecule has 0 heterocycles. The van der Waals surface area contributed by atoms with Crippen LogP contribution in [0.3, 0.4) is 0 Å². The second-order valence-electron chi connectivity index (χ2n) is 1.44. The molecule has 0 aliphatic rings. The maximum atomic E-state index is 8.93. The van der Waals surface area contributed by atoms with E-state index in [1.165, 1.54) is 0 Å². The Morgan fingerprint density at radius 2 is 0.438 bits per heavy atom. The molecule has 0 aliphatic carbocycles. The fourth-order valence-corrected chi connectivity index (χ4v) is 0. The van der Waals surface area contributed by atoms with Crippen LogP contribution in [0, 0.1) is 0 Å². The summed E-state index contributed by atoms with van der Waals surface area (Å²) in [6.45, 7) is 7.85. The third kappa shape index (κ3) is 10000. The van der Waals surface area contributed by atoms with Gasteiger partial charge in [-0.3, -0.25) is 0 Å². The summed E-state index contributed by atoms with van der Waals surface area (Å²) in [4.78, 5) is 0. The van der Waals surface area contributed by atoms with Gasteiger partial charge in [0.15, 0.2) is 0 Å². The van der Waals surface area contributed by atoms with E-state index < -0.39 is 0 Å². The Labute approximate surface area is 115 Å². The van der Waals surface area contributed by atoms with Crippen LogP contribution in [0.2, 0.25) is 0 Å². The van der Waals surface area contributed by atoms with Gasteiger partial charge >= 0.3 is 0 Å². The Balaban J connectivity index is -0.0000000192. The third-order valence-electron chi connectivity index (χ3n) is 0. The Morgan fingerprint density at radius 1 is 0.438 bits per heavy atom. The van der Waals surface area contributed by atoms with E-state index in [1.807, 2.05) is 0 Å². The van der Waals surface area contributed by atoms with Gasteiger partial charge < -0.3 is 25.5 Å². The molecular formula is C10H25O5Ti-5. The molecule has 0 unspecified atom stereocenters. The van der Waals surface area contributed by atoms with Gasteiger partial charge in [-0.25, -0.2) is 0 Å². The summed E-state index contributed by atoms with van der Waals surface area (Å²) in [6, 6.07) is 0. The predicted octanol–water partition coefficient (Wildman–Crippen LogP) is -3.17. The summed E-state index contributed by atoms with van der Waals surface area (Å²) < 4.78 is 0. The van der Waals surface area contributed by atoms with Gasteiger partial charge in [0.25, 0.3) is 0 Å². The van der Waals surface area contributed by atoms with E-state index >= 15 is 0 Å². The van der Waals surface area contributed by atoms with Gasteiger partial charge in [0.1, 0.15) is 0 Å². The van der Waals surface area contributed by atoms with Crippen LogP contribution in [0.5, 0.6) is 0 Å². The van der Waals surface area contributed by atoms with Crippen LogP contribution in [0.1, 0.15) is 34.6 Å². The van der Waals surface area contributed by atoms with Crippen molar-refractivity contribution in [3.8, 4) is 0 Å². The Morgan fingerprint density at radius 3 is 0.438 bits per heavy atom. The summed E-state index contributed by atoms with van der Waals surface area (Å²) in [6.07, 6.45) is 0. The topological polar surface area (TPSA) is 115 Å². The molecule has 0 aliphatic heterocycles. The first-order chi connectivity index (χ1) is 7.07. The van der Waals surface area contributed by atoms with E-state index in [1.54, 1.807) is 34.6 Å². The fourth-order valence-electron chi connectivity index (χ4n) is 0. The zero-order chi connectivity index (χ0) is 13.5. The zero-order valence-electron chi connectivity index (χ0n) is 11.1. The van der Waals surface area contributed by atoms with Crippen LogP contribution in [0.15, 0.2) is 0 Å². The van der Waals surface area contributed by atoms with Gasteiger partial charge in [0.2, 0.25) is 0 Å². The summed E-state index contributed by atoms with van der Waals surface area (Å²) in [7, 11) is 0. The van der Waals surface area contributed by atoms with Crippen molar-refractivity contribution in [3.05, 3.63) is 0 Å². The van der Waals surface area contributed by atoms with Crippen molar-refractivity contribution in [1.29, 1.82) is 0 Å². The maximum Gasteiger partial charge on any atom is 0 e. The molecule has 0 spiro atoms. The zero-order valence-corrected chi connectivity index (χ0v) is 12.6. The third-order valence-corrected chi connectivity index (χ3v) is 0. The maximum absolute atomic E-state index is 8.93. The average molecular weight is 273 g/mol. The summed E-state index contributed by atoms with van der Waals surface area (Å²) in [5.41, 5.74) is 0. The van der Waals surface area contributed by atoms with Gasteiger partial charge in [0.05, 0.1) is 0 Å². The van der Waals surface area contributed by atoms with Crippen LogP contribution in [-0.4, -0.2) is 33.0 Å². The normalized spacial score (nSPS) is 5.62. The molecule has 0 fully saturated rings. The SMILES string of the molecule is CC[O-].CC[O-].CC[O-].CC[O-].CC[O-].[Ti]. The van der Waals surface area contributed by atoms with Crippen molar-refractivity contribution in [3.63, 3.8) is 0 Å². The van der Waals surface area contributed by atoms with E-state index in [-0.39, 0.29) is 54.8 Å². The molecule has 0 aromatic heterocycles. The van der Waals surface area contributed by atoms with E-state index in [9.17, 15) is 0 Å². The number of hydrogen-bond donors (Lipinski definition) is 0. The van der Waals surface area contributed by atoms with E-state index in [0.717, 1.165) is 0 Å². The molecule has 104 valence electrons. The Bertz CT molecular complexity index is 30.8. The van der Waals surface area contributed by atoms with Crippen molar-refractivity contribution < 1.29 is 47.3 Å². The van der Waals surface area contributed by atoms with Crippen LogP contribution < -0.4 is 25.5 Å². The van der Waals surface area contributed by atoms with Crippen LogP contribution in [-0.2, 0) is 21.7 Å². The van der Waals surface area contributed by atoms with Crippen LogP contribution in [0.4, 0.5) is 0 Å². The molecule has 16 heavy (non-hydrogen) atoms. The molecule has 0 atom stereocenters. The monoisotopic (exact) mass is 273 g/mol. The van der Waals surface area contributed by atoms with Crippen molar-refractivity contribution in [1.82, 2.24) is 0 Å². The molecule has 0 saturated heterocycles. The molecular weight excluding hydrogens is 248 g/mol. The minimum Gasteiger partial charge on any atom is -0.855 e. The minimum atomic E-state index is 0. The van der Waals surface area contributed by atoms with Gasteiger partial charge in [0, 0.05) is 21.7 Å². The van der Waals surface area contributed by atoms with Crippen LogP contribution in [0.25, 0.3) is 0 Å². The van der Waals surface area contributed by atoms with Gasteiger partial charge in [-0.2, -0.15) is 0 Å². The smallest absolute Gasteiger partial charge is 0 e. The van der Waals surface area contributed by atoms with Crippen molar-refractivity contribution in [2.24, 2.45) is 0 Å². The van der Waals surface area contributed by atoms with Crippen molar-refractivity contribution in [2.45, 2.75) is 34.6 Å². The van der Waals surface area contributed by atoms with E-state index in [2.05, 4.69) is 0 Å². The second kappa shape index (κ2) is 107. The Hall–Kier alpha value is 0.514. The Kier molecular flexibility index (Phi) is 242. The first-order valence-electron chi connectivity index (χ1n) is 4.98. The molecule has 0 saturated carbocycles. The van der Waals surface area contributed by atoms with Gasteiger partial charge in [-0.05, 0) is 0 Å². The molecule has 0 amide bonds. The molecule has 5 nitrogen and oxygen atoms in total. The summed E-state index contributed by atoms with van der Waals surface area (Å²) in [5, 5.41) is 44.7. The summed E-state index contributed by atoms with van der Waals surface area (Å²) in [5.74, 6) is 0. The largest absolute Gasteiger partial charge is 0.855 e. The number of rotatable bonds is 0. The van der Waals surface area contributed by atoms with Gasteiger partial charge in [-0.1, -0.05) is 34.6 Å². The minimum absolute atomic E-state index is 0. The summed E-state index contributed by atoms with van der Waals surface area (Å²) >= 11 is 0. The predicted molar refractivity (Wildman–Crippen MR) is 52.7 cm³/mol. The molecule has 0 radical (unpaired) electrons. The van der Waals surface area contributed by atoms with Crippen molar-refractivity contribution in [2.75, 3.05) is 33.0 Å². The first kappa shape index (κ1) is 36.0. The molecule has 6 heteroatoms. The molecule has 0 bridgehead atoms. The van der Waals surface area contributed by atoms with Gasteiger partial charge in [-0.15, -0.1) is 33.0 Å². The molecule has 0 aromatic rings. The first-order valence-corrected chi connectivity index (χ1v) is 4.98. The quantitative estimate of drug-likeness (QED) is 0.432. The van der Waals surface area contributed by atoms with E-state index in [4.69, 9.17) is 25.5 Å². The fraction of sp³-hybridized carbons (Fsp3) is 1.00. The average Bonchev–Trinajstić information content (AvgIpc) is 2.09. The van der Waals surface area contributed by atoms with Crippen molar-refractivity contribution >= 4 is 0 Å². The molecule has 0 aromatic carbocycles. The van der Waals surface area contributed by atoms with Crippen LogP contribution >= 0.6 is 0 Å². The number of hydrogen-bond acceptors (Lipinski definition) is 5. The molecule has 0 N–H and O–H groups in total. The second-order valence-corrected chi connectivity index (χ2v) is 1.44. The standard InChI is InChI=1S/5C2H5O.Ti/c5*1-2-3;/h5*2H2,1H3;/q5*-1;.